The molecule has 0 aromatic carbocycles. The molecule has 0 radical (unpaired) electrons. The number of halogens is 1. The zero-order valence-corrected chi connectivity index (χ0v) is 11.0. The van der Waals surface area contributed by atoms with Crippen molar-refractivity contribution in [2.24, 2.45) is 0 Å². The van der Waals surface area contributed by atoms with Gasteiger partial charge in [0.2, 0.25) is 0 Å². The van der Waals surface area contributed by atoms with Gasteiger partial charge in [-0.25, -0.2) is 4.68 Å². The van der Waals surface area contributed by atoms with Crippen LogP contribution in [0.15, 0.2) is 4.47 Å². The lowest BCUT2D eigenvalue weighted by molar-refractivity contribution is 0.547. The molecule has 1 aromatic rings. The minimum absolute atomic E-state index is 0.546. The summed E-state index contributed by atoms with van der Waals surface area (Å²) in [4.78, 5) is 0. The molecule has 0 bridgehead atoms. The van der Waals surface area contributed by atoms with Gasteiger partial charge >= 0.3 is 0 Å². The van der Waals surface area contributed by atoms with E-state index in [1.807, 2.05) is 0 Å². The molecule has 1 aromatic heterocycles. The van der Waals surface area contributed by atoms with Gasteiger partial charge in [0.15, 0.2) is 0 Å². The molecular weight excluding hydrogens is 254 g/mol. The summed E-state index contributed by atoms with van der Waals surface area (Å²) >= 11 is 3.66. The first-order valence-corrected chi connectivity index (χ1v) is 6.53. The number of nitrogens with zero attached hydrogens (tertiary/aromatic N) is 2. The van der Waals surface area contributed by atoms with E-state index in [0.29, 0.717) is 5.92 Å². The summed E-state index contributed by atoms with van der Waals surface area (Å²) in [6, 6.07) is 0. The van der Waals surface area contributed by atoms with Crippen molar-refractivity contribution in [3.63, 3.8) is 0 Å². The van der Waals surface area contributed by atoms with Gasteiger partial charge in [0.25, 0.3) is 0 Å². The highest BCUT2D eigenvalue weighted by atomic mass is 79.9. The molecule has 3 nitrogen and oxygen atoms in total. The zero-order valence-electron chi connectivity index (χ0n) is 9.39. The highest BCUT2D eigenvalue weighted by Gasteiger charge is 2.21. The van der Waals surface area contributed by atoms with Crippen LogP contribution in [0.5, 0.6) is 0 Å². The van der Waals surface area contributed by atoms with Crippen molar-refractivity contribution in [1.82, 2.24) is 9.78 Å². The van der Waals surface area contributed by atoms with Crippen LogP contribution in [-0.4, -0.2) is 16.3 Å². The second-order valence-corrected chi connectivity index (χ2v) is 5.03. The van der Waals surface area contributed by atoms with Gasteiger partial charge in [-0.3, -0.25) is 0 Å². The minimum atomic E-state index is 0.546. The van der Waals surface area contributed by atoms with Crippen LogP contribution < -0.4 is 5.32 Å². The van der Waals surface area contributed by atoms with Gasteiger partial charge in [-0.15, -0.1) is 0 Å². The third-order valence-electron chi connectivity index (χ3n) is 2.95. The third kappa shape index (κ3) is 2.05. The first-order valence-electron chi connectivity index (χ1n) is 5.74. The molecule has 1 N–H and O–H groups in total. The summed E-state index contributed by atoms with van der Waals surface area (Å²) in [7, 11) is 0. The smallest absolute Gasteiger partial charge is 0.138 e. The fraction of sp³-hybridized carbons (Fsp3) is 0.727. The number of nitrogens with one attached hydrogen (secondary N) is 1. The van der Waals surface area contributed by atoms with E-state index >= 15 is 0 Å². The van der Waals surface area contributed by atoms with E-state index in [0.717, 1.165) is 13.1 Å². The maximum atomic E-state index is 4.68. The standard InChI is InChI=1S/C11H18BrN3/c1-3-5-8(2)10-9(12)11-13-6-4-7-15(11)14-10/h8,13H,3-7H2,1-2H3. The topological polar surface area (TPSA) is 29.9 Å². The number of aromatic nitrogens is 2. The Morgan fingerprint density at radius 3 is 3.07 bits per heavy atom. The molecule has 1 atom stereocenters. The number of aryl methyl sites for hydroxylation is 1. The van der Waals surface area contributed by atoms with Crippen molar-refractivity contribution in [1.29, 1.82) is 0 Å². The molecule has 0 spiro atoms. The second kappa shape index (κ2) is 4.56. The molecule has 2 heterocycles. The van der Waals surface area contributed by atoms with Crippen molar-refractivity contribution < 1.29 is 0 Å². The zero-order chi connectivity index (χ0) is 10.8. The Labute approximate surface area is 99.4 Å². The SMILES string of the molecule is CCCC(C)c1nn2c(c1Br)NCCC2. The molecule has 0 amide bonds. The fourth-order valence-electron chi connectivity index (χ4n) is 2.11. The Bertz CT molecular complexity index is 346. The average molecular weight is 272 g/mol. The van der Waals surface area contributed by atoms with E-state index < -0.39 is 0 Å². The Morgan fingerprint density at radius 1 is 1.60 bits per heavy atom. The summed E-state index contributed by atoms with van der Waals surface area (Å²) in [6.07, 6.45) is 3.58. The van der Waals surface area contributed by atoms with E-state index in [-0.39, 0.29) is 0 Å². The predicted octanol–water partition coefficient (Wildman–Crippen LogP) is 3.36. The van der Waals surface area contributed by atoms with Gasteiger partial charge < -0.3 is 5.32 Å². The largest absolute Gasteiger partial charge is 0.369 e. The second-order valence-electron chi connectivity index (χ2n) is 4.24. The Morgan fingerprint density at radius 2 is 2.40 bits per heavy atom. The lowest BCUT2D eigenvalue weighted by Gasteiger charge is -2.15. The molecule has 1 aliphatic rings. The Balaban J connectivity index is 2.28. The molecule has 2 rings (SSSR count). The molecule has 1 aliphatic heterocycles. The van der Waals surface area contributed by atoms with Crippen molar-refractivity contribution in [2.75, 3.05) is 11.9 Å². The first-order chi connectivity index (χ1) is 7.24. The Kier molecular flexibility index (Phi) is 3.34. The van der Waals surface area contributed by atoms with E-state index in [2.05, 4.69) is 44.9 Å². The van der Waals surface area contributed by atoms with Crippen LogP contribution in [0.4, 0.5) is 5.82 Å². The summed E-state index contributed by atoms with van der Waals surface area (Å²) < 4.78 is 3.26. The van der Waals surface area contributed by atoms with E-state index in [1.165, 1.54) is 35.2 Å². The van der Waals surface area contributed by atoms with E-state index in [4.69, 9.17) is 0 Å². The summed E-state index contributed by atoms with van der Waals surface area (Å²) in [5, 5.41) is 8.08. The molecule has 84 valence electrons. The van der Waals surface area contributed by atoms with Crippen molar-refractivity contribution in [2.45, 2.75) is 45.6 Å². The van der Waals surface area contributed by atoms with Crippen molar-refractivity contribution in [3.8, 4) is 0 Å². The monoisotopic (exact) mass is 271 g/mol. The normalized spacial score (nSPS) is 17.0. The minimum Gasteiger partial charge on any atom is -0.369 e. The summed E-state index contributed by atoms with van der Waals surface area (Å²) in [5.41, 5.74) is 1.21. The fourth-order valence-corrected chi connectivity index (χ4v) is 2.92. The van der Waals surface area contributed by atoms with Crippen LogP contribution >= 0.6 is 15.9 Å². The number of fused-ring (bicyclic) bond motifs is 1. The van der Waals surface area contributed by atoms with Crippen LogP contribution in [0.2, 0.25) is 0 Å². The molecule has 0 saturated heterocycles. The van der Waals surface area contributed by atoms with Crippen molar-refractivity contribution >= 4 is 21.7 Å². The quantitative estimate of drug-likeness (QED) is 0.914. The van der Waals surface area contributed by atoms with Gasteiger partial charge in [0.05, 0.1) is 10.2 Å². The third-order valence-corrected chi connectivity index (χ3v) is 3.73. The Hall–Kier alpha value is -0.510. The van der Waals surface area contributed by atoms with E-state index in [9.17, 15) is 0 Å². The highest BCUT2D eigenvalue weighted by Crippen LogP contribution is 2.34. The van der Waals surface area contributed by atoms with Crippen LogP contribution in [0.25, 0.3) is 0 Å². The van der Waals surface area contributed by atoms with Crippen molar-refractivity contribution in [3.05, 3.63) is 10.2 Å². The number of hydrogen-bond donors (Lipinski definition) is 1. The van der Waals surface area contributed by atoms with Crippen LogP contribution in [-0.2, 0) is 6.54 Å². The molecular formula is C11H18BrN3. The lowest BCUT2D eigenvalue weighted by atomic mass is 10.0. The predicted molar refractivity (Wildman–Crippen MR) is 66.4 cm³/mol. The highest BCUT2D eigenvalue weighted by molar-refractivity contribution is 9.10. The summed E-state index contributed by atoms with van der Waals surface area (Å²) in [5.74, 6) is 1.71. The van der Waals surface area contributed by atoms with Gasteiger partial charge in [0.1, 0.15) is 5.82 Å². The van der Waals surface area contributed by atoms with Crippen LogP contribution in [0.1, 0.15) is 44.7 Å². The van der Waals surface area contributed by atoms with Gasteiger partial charge in [-0.2, -0.15) is 5.10 Å². The molecule has 0 aliphatic carbocycles. The van der Waals surface area contributed by atoms with Gasteiger partial charge in [-0.1, -0.05) is 20.3 Å². The van der Waals surface area contributed by atoms with E-state index in [1.54, 1.807) is 0 Å². The van der Waals surface area contributed by atoms with Crippen LogP contribution in [0, 0.1) is 0 Å². The number of hydrogen-bond acceptors (Lipinski definition) is 2. The maximum absolute atomic E-state index is 4.68. The van der Waals surface area contributed by atoms with Gasteiger partial charge in [-0.05, 0) is 28.8 Å². The molecule has 4 heteroatoms. The average Bonchev–Trinajstić information content (AvgIpc) is 2.57. The summed E-state index contributed by atoms with van der Waals surface area (Å²) in [6.45, 7) is 6.58. The van der Waals surface area contributed by atoms with Crippen LogP contribution in [0.3, 0.4) is 0 Å². The lowest BCUT2D eigenvalue weighted by Crippen LogP contribution is -2.17. The molecule has 15 heavy (non-hydrogen) atoms. The molecule has 1 unspecified atom stereocenters. The maximum Gasteiger partial charge on any atom is 0.138 e. The van der Waals surface area contributed by atoms with Gasteiger partial charge in [0, 0.05) is 19.0 Å². The first kappa shape index (κ1) is 11.0. The number of rotatable bonds is 3. The number of anilines is 1. The molecule has 0 saturated carbocycles. The molecule has 0 fully saturated rings.